The van der Waals surface area contributed by atoms with Crippen LogP contribution in [0.25, 0.3) is 20.2 Å². The molecule has 0 spiro atoms. The lowest BCUT2D eigenvalue weighted by atomic mass is 9.84. The molecule has 0 saturated carbocycles. The number of thiophene rings is 1. The van der Waals surface area contributed by atoms with Gasteiger partial charge in [0.25, 0.3) is 0 Å². The molecule has 0 unspecified atom stereocenters. The maximum atomic E-state index is 2.30. The Hall–Kier alpha value is -1.34. The summed E-state index contributed by atoms with van der Waals surface area (Å²) >= 11 is 1.91. The molecule has 1 aromatic heterocycles. The third-order valence-electron chi connectivity index (χ3n) is 3.46. The third-order valence-corrected chi connectivity index (χ3v) is 4.58. The zero-order valence-corrected chi connectivity index (χ0v) is 12.2. The van der Waals surface area contributed by atoms with Crippen molar-refractivity contribution in [2.75, 3.05) is 0 Å². The van der Waals surface area contributed by atoms with E-state index in [1.165, 1.54) is 31.3 Å². The van der Waals surface area contributed by atoms with Crippen LogP contribution in [0.3, 0.4) is 0 Å². The molecule has 0 aliphatic rings. The predicted molar refractivity (Wildman–Crippen MR) is 82.8 cm³/mol. The van der Waals surface area contributed by atoms with Crippen molar-refractivity contribution in [3.8, 4) is 0 Å². The molecule has 1 heterocycles. The standard InChI is InChI=1S/C17H18S/c1-11-8-9-12-15(10-11)18-14-7-5-6-13(16(12)14)17(2,3)4/h5-10H,1-4H3. The molecule has 0 aliphatic heterocycles. The normalized spacial score (nSPS) is 12.4. The van der Waals surface area contributed by atoms with E-state index >= 15 is 0 Å². The molecule has 3 aromatic rings. The molecular weight excluding hydrogens is 236 g/mol. The predicted octanol–water partition coefficient (Wildman–Crippen LogP) is 5.66. The highest BCUT2D eigenvalue weighted by Crippen LogP contribution is 2.40. The van der Waals surface area contributed by atoms with Crippen LogP contribution < -0.4 is 0 Å². The van der Waals surface area contributed by atoms with Crippen molar-refractivity contribution >= 4 is 31.5 Å². The molecule has 0 radical (unpaired) electrons. The second kappa shape index (κ2) is 3.83. The van der Waals surface area contributed by atoms with Crippen LogP contribution >= 0.6 is 11.3 Å². The molecule has 0 bridgehead atoms. The monoisotopic (exact) mass is 254 g/mol. The van der Waals surface area contributed by atoms with Crippen LogP contribution in [0.4, 0.5) is 0 Å². The van der Waals surface area contributed by atoms with E-state index in [4.69, 9.17) is 0 Å². The fourth-order valence-corrected chi connectivity index (χ4v) is 3.79. The zero-order valence-electron chi connectivity index (χ0n) is 11.4. The van der Waals surface area contributed by atoms with Gasteiger partial charge in [-0.05, 0) is 35.6 Å². The Morgan fingerprint density at radius 2 is 1.72 bits per heavy atom. The van der Waals surface area contributed by atoms with Crippen LogP contribution in [-0.4, -0.2) is 0 Å². The zero-order chi connectivity index (χ0) is 12.9. The van der Waals surface area contributed by atoms with E-state index in [1.54, 1.807) is 0 Å². The van der Waals surface area contributed by atoms with Gasteiger partial charge in [0.2, 0.25) is 0 Å². The first-order chi connectivity index (χ1) is 8.47. The molecule has 0 N–H and O–H groups in total. The molecule has 3 rings (SSSR count). The van der Waals surface area contributed by atoms with Gasteiger partial charge in [-0.2, -0.15) is 0 Å². The Labute approximate surface area is 112 Å². The van der Waals surface area contributed by atoms with Crippen LogP contribution in [0, 0.1) is 6.92 Å². The molecule has 0 aliphatic carbocycles. The molecule has 0 atom stereocenters. The van der Waals surface area contributed by atoms with Crippen LogP contribution in [0.1, 0.15) is 31.9 Å². The van der Waals surface area contributed by atoms with Crippen molar-refractivity contribution in [1.29, 1.82) is 0 Å². The fourth-order valence-electron chi connectivity index (χ4n) is 2.56. The Kier molecular flexibility index (Phi) is 2.49. The highest BCUT2D eigenvalue weighted by Gasteiger charge is 2.19. The highest BCUT2D eigenvalue weighted by molar-refractivity contribution is 7.25. The van der Waals surface area contributed by atoms with Gasteiger partial charge in [0.1, 0.15) is 0 Å². The lowest BCUT2D eigenvalue weighted by Gasteiger charge is -2.20. The Balaban J connectivity index is 2.49. The Morgan fingerprint density at radius 3 is 2.44 bits per heavy atom. The number of aryl methyl sites for hydroxylation is 1. The molecular formula is C17H18S. The fraction of sp³-hybridized carbons (Fsp3) is 0.294. The topological polar surface area (TPSA) is 0 Å². The van der Waals surface area contributed by atoms with E-state index in [0.29, 0.717) is 0 Å². The van der Waals surface area contributed by atoms with Crippen molar-refractivity contribution in [2.24, 2.45) is 0 Å². The maximum Gasteiger partial charge on any atom is 0.0358 e. The van der Waals surface area contributed by atoms with Gasteiger partial charge in [-0.3, -0.25) is 0 Å². The van der Waals surface area contributed by atoms with Gasteiger partial charge >= 0.3 is 0 Å². The molecule has 0 nitrogen and oxygen atoms in total. The van der Waals surface area contributed by atoms with E-state index in [1.807, 2.05) is 11.3 Å². The number of fused-ring (bicyclic) bond motifs is 3. The van der Waals surface area contributed by atoms with Crippen molar-refractivity contribution in [2.45, 2.75) is 33.1 Å². The van der Waals surface area contributed by atoms with Crippen molar-refractivity contribution < 1.29 is 0 Å². The van der Waals surface area contributed by atoms with Crippen molar-refractivity contribution in [3.05, 3.63) is 47.5 Å². The number of rotatable bonds is 0. The summed E-state index contributed by atoms with van der Waals surface area (Å²) in [6.45, 7) is 9.03. The van der Waals surface area contributed by atoms with Gasteiger partial charge in [-0.15, -0.1) is 11.3 Å². The summed E-state index contributed by atoms with van der Waals surface area (Å²) in [7, 11) is 0. The van der Waals surface area contributed by atoms with Gasteiger partial charge < -0.3 is 0 Å². The van der Waals surface area contributed by atoms with E-state index in [-0.39, 0.29) is 5.41 Å². The summed E-state index contributed by atoms with van der Waals surface area (Å²) < 4.78 is 2.81. The summed E-state index contributed by atoms with van der Waals surface area (Å²) in [6, 6.07) is 13.5. The third kappa shape index (κ3) is 1.74. The largest absolute Gasteiger partial charge is 0.135 e. The Morgan fingerprint density at radius 1 is 0.944 bits per heavy atom. The molecule has 18 heavy (non-hydrogen) atoms. The Bertz CT molecular complexity index is 726. The smallest absolute Gasteiger partial charge is 0.0358 e. The van der Waals surface area contributed by atoms with Crippen molar-refractivity contribution in [3.63, 3.8) is 0 Å². The minimum atomic E-state index is 0.193. The van der Waals surface area contributed by atoms with E-state index in [2.05, 4.69) is 64.1 Å². The minimum absolute atomic E-state index is 0.193. The molecule has 92 valence electrons. The first-order valence-electron chi connectivity index (χ1n) is 6.39. The lowest BCUT2D eigenvalue weighted by molar-refractivity contribution is 0.596. The van der Waals surface area contributed by atoms with Gasteiger partial charge in [-0.1, -0.05) is 45.0 Å². The first kappa shape index (κ1) is 11.7. The highest BCUT2D eigenvalue weighted by atomic mass is 32.1. The van der Waals surface area contributed by atoms with Gasteiger partial charge in [0, 0.05) is 20.2 Å². The average Bonchev–Trinajstić information content (AvgIpc) is 2.64. The number of hydrogen-bond acceptors (Lipinski definition) is 1. The van der Waals surface area contributed by atoms with E-state index in [9.17, 15) is 0 Å². The van der Waals surface area contributed by atoms with Crippen LogP contribution in [-0.2, 0) is 5.41 Å². The van der Waals surface area contributed by atoms with E-state index in [0.717, 1.165) is 0 Å². The van der Waals surface area contributed by atoms with Crippen LogP contribution in [0.5, 0.6) is 0 Å². The number of hydrogen-bond donors (Lipinski definition) is 0. The molecule has 0 fully saturated rings. The van der Waals surface area contributed by atoms with Crippen LogP contribution in [0.15, 0.2) is 36.4 Å². The number of benzene rings is 2. The molecule has 1 heteroatoms. The second-order valence-electron chi connectivity index (χ2n) is 6.03. The van der Waals surface area contributed by atoms with Gasteiger partial charge in [-0.25, -0.2) is 0 Å². The first-order valence-corrected chi connectivity index (χ1v) is 7.21. The second-order valence-corrected chi connectivity index (χ2v) is 7.11. The lowest BCUT2D eigenvalue weighted by Crippen LogP contribution is -2.11. The molecule has 0 amide bonds. The van der Waals surface area contributed by atoms with Crippen LogP contribution in [0.2, 0.25) is 0 Å². The summed E-state index contributed by atoms with van der Waals surface area (Å²) in [6.07, 6.45) is 0. The summed E-state index contributed by atoms with van der Waals surface area (Å²) in [4.78, 5) is 0. The maximum absolute atomic E-state index is 2.30. The average molecular weight is 254 g/mol. The van der Waals surface area contributed by atoms with Gasteiger partial charge in [0.05, 0.1) is 0 Å². The summed E-state index contributed by atoms with van der Waals surface area (Å²) in [5.74, 6) is 0. The molecule has 0 saturated heterocycles. The SMILES string of the molecule is Cc1ccc2c(c1)sc1cccc(C(C)(C)C)c12. The summed E-state index contributed by atoms with van der Waals surface area (Å²) in [5.41, 5.74) is 2.99. The van der Waals surface area contributed by atoms with Crippen molar-refractivity contribution in [1.82, 2.24) is 0 Å². The minimum Gasteiger partial charge on any atom is -0.135 e. The molecule has 2 aromatic carbocycles. The van der Waals surface area contributed by atoms with Gasteiger partial charge in [0.15, 0.2) is 0 Å². The van der Waals surface area contributed by atoms with E-state index < -0.39 is 0 Å². The summed E-state index contributed by atoms with van der Waals surface area (Å²) in [5, 5.41) is 2.86. The quantitative estimate of drug-likeness (QED) is 0.485.